The van der Waals surface area contributed by atoms with E-state index in [1.54, 1.807) is 31.4 Å². The zero-order valence-corrected chi connectivity index (χ0v) is 10.4. The second kappa shape index (κ2) is 6.24. The van der Waals surface area contributed by atoms with Gasteiger partial charge in [-0.05, 0) is 17.7 Å². The number of carbonyl (C=O) groups excluding carboxylic acids is 1. The van der Waals surface area contributed by atoms with Crippen LogP contribution in [0, 0.1) is 10.1 Å². The lowest BCUT2D eigenvalue weighted by atomic mass is 10.1. The molecule has 5 nitrogen and oxygen atoms in total. The third kappa shape index (κ3) is 4.44. The van der Waals surface area contributed by atoms with E-state index in [2.05, 4.69) is 0 Å². The Hall–Kier alpha value is -1.56. The number of hydrogen-bond donors (Lipinski definition) is 0. The molecule has 17 heavy (non-hydrogen) atoms. The van der Waals surface area contributed by atoms with E-state index >= 15 is 0 Å². The van der Waals surface area contributed by atoms with E-state index in [9.17, 15) is 14.9 Å². The molecule has 92 valence electrons. The Bertz CT molecular complexity index is 388. The summed E-state index contributed by atoms with van der Waals surface area (Å²) >= 11 is 0.973. The largest absolute Gasteiger partial charge is 0.497 e. The maximum atomic E-state index is 11.0. The van der Waals surface area contributed by atoms with Crippen LogP contribution in [0.15, 0.2) is 24.3 Å². The van der Waals surface area contributed by atoms with Crippen molar-refractivity contribution < 1.29 is 14.5 Å². The van der Waals surface area contributed by atoms with Gasteiger partial charge in [-0.15, -0.1) is 0 Å². The second-order valence-corrected chi connectivity index (χ2v) is 4.77. The fourth-order valence-electron chi connectivity index (χ4n) is 1.37. The van der Waals surface area contributed by atoms with Crippen LogP contribution in [0.3, 0.4) is 0 Å². The molecule has 0 aliphatic heterocycles. The van der Waals surface area contributed by atoms with E-state index in [0.29, 0.717) is 5.75 Å². The Kier molecular flexibility index (Phi) is 4.96. The Balaban J connectivity index is 2.86. The average molecular weight is 255 g/mol. The third-order valence-corrected chi connectivity index (χ3v) is 3.15. The normalized spacial score (nSPS) is 11.9. The standard InChI is InChI=1S/C11H13NO4S/c1-8(13)17-11(7-12(14)15)9-3-5-10(16-2)6-4-9/h3-6,11H,7H2,1-2H3/t11-/m0/s1. The topological polar surface area (TPSA) is 69.4 Å². The van der Waals surface area contributed by atoms with Crippen molar-refractivity contribution >= 4 is 16.9 Å². The van der Waals surface area contributed by atoms with Gasteiger partial charge in [-0.25, -0.2) is 0 Å². The molecule has 1 aromatic carbocycles. The predicted octanol–water partition coefficient (Wildman–Crippen LogP) is 2.29. The van der Waals surface area contributed by atoms with Crippen molar-refractivity contribution in [3.8, 4) is 5.75 Å². The van der Waals surface area contributed by atoms with Crippen LogP contribution in [0.1, 0.15) is 17.7 Å². The third-order valence-electron chi connectivity index (χ3n) is 2.11. The Morgan fingerprint density at radius 3 is 2.47 bits per heavy atom. The van der Waals surface area contributed by atoms with Crippen LogP contribution < -0.4 is 4.74 Å². The van der Waals surface area contributed by atoms with E-state index in [-0.39, 0.29) is 11.7 Å². The lowest BCUT2D eigenvalue weighted by Crippen LogP contribution is -2.11. The quantitative estimate of drug-likeness (QED) is 0.596. The molecule has 1 aromatic rings. The van der Waals surface area contributed by atoms with E-state index in [1.807, 2.05) is 0 Å². The lowest BCUT2D eigenvalue weighted by Gasteiger charge is -2.11. The van der Waals surface area contributed by atoms with Gasteiger partial charge in [0.1, 0.15) is 11.0 Å². The van der Waals surface area contributed by atoms with E-state index < -0.39 is 10.2 Å². The smallest absolute Gasteiger partial charge is 0.220 e. The molecule has 0 saturated heterocycles. The van der Waals surface area contributed by atoms with E-state index in [0.717, 1.165) is 17.3 Å². The summed E-state index contributed by atoms with van der Waals surface area (Å²) < 4.78 is 5.00. The molecule has 0 aliphatic rings. The Morgan fingerprint density at radius 1 is 1.47 bits per heavy atom. The fourth-order valence-corrected chi connectivity index (χ4v) is 2.26. The Labute approximate surface area is 103 Å². The highest BCUT2D eigenvalue weighted by Gasteiger charge is 2.20. The number of rotatable bonds is 5. The van der Waals surface area contributed by atoms with Crippen LogP contribution in [0.4, 0.5) is 0 Å². The maximum Gasteiger partial charge on any atom is 0.220 e. The summed E-state index contributed by atoms with van der Waals surface area (Å²) in [5.41, 5.74) is 0.753. The fraction of sp³-hybridized carbons (Fsp3) is 0.364. The summed E-state index contributed by atoms with van der Waals surface area (Å²) in [5.74, 6) is 0.682. The summed E-state index contributed by atoms with van der Waals surface area (Å²) in [6.07, 6.45) is 0. The van der Waals surface area contributed by atoms with E-state index in [4.69, 9.17) is 4.74 Å². The minimum atomic E-state index is -0.451. The van der Waals surface area contributed by atoms with Crippen LogP contribution in [-0.4, -0.2) is 23.7 Å². The minimum Gasteiger partial charge on any atom is -0.497 e. The number of nitro groups is 1. The number of ether oxygens (including phenoxy) is 1. The molecule has 0 heterocycles. The van der Waals surface area contributed by atoms with Crippen LogP contribution >= 0.6 is 11.8 Å². The van der Waals surface area contributed by atoms with Crippen LogP contribution in [0.2, 0.25) is 0 Å². The summed E-state index contributed by atoms with van der Waals surface area (Å²) in [6.45, 7) is 1.14. The van der Waals surface area contributed by atoms with Crippen molar-refractivity contribution in [3.63, 3.8) is 0 Å². The van der Waals surface area contributed by atoms with Crippen LogP contribution in [-0.2, 0) is 4.79 Å². The molecule has 0 unspecified atom stereocenters. The molecule has 1 rings (SSSR count). The number of methoxy groups -OCH3 is 1. The molecule has 0 aliphatic carbocycles. The second-order valence-electron chi connectivity index (χ2n) is 3.39. The highest BCUT2D eigenvalue weighted by molar-refractivity contribution is 8.13. The molecule has 0 radical (unpaired) electrons. The van der Waals surface area contributed by atoms with Gasteiger partial charge in [0.15, 0.2) is 5.12 Å². The first-order valence-corrected chi connectivity index (χ1v) is 5.84. The van der Waals surface area contributed by atoms with Crippen molar-refractivity contribution in [1.29, 1.82) is 0 Å². The van der Waals surface area contributed by atoms with Crippen molar-refractivity contribution in [2.75, 3.05) is 13.7 Å². The molecule has 0 bridgehead atoms. The van der Waals surface area contributed by atoms with Gasteiger partial charge in [0, 0.05) is 11.8 Å². The van der Waals surface area contributed by atoms with Gasteiger partial charge < -0.3 is 4.74 Å². The highest BCUT2D eigenvalue weighted by atomic mass is 32.2. The molecule has 6 heteroatoms. The van der Waals surface area contributed by atoms with Crippen LogP contribution in [0.25, 0.3) is 0 Å². The van der Waals surface area contributed by atoms with Crippen molar-refractivity contribution in [2.45, 2.75) is 12.2 Å². The zero-order chi connectivity index (χ0) is 12.8. The number of nitrogens with zero attached hydrogens (tertiary/aromatic N) is 1. The number of carbonyl (C=O) groups is 1. The average Bonchev–Trinajstić information content (AvgIpc) is 2.27. The zero-order valence-electron chi connectivity index (χ0n) is 9.58. The van der Waals surface area contributed by atoms with Gasteiger partial charge in [0.2, 0.25) is 6.54 Å². The highest BCUT2D eigenvalue weighted by Crippen LogP contribution is 2.30. The Morgan fingerprint density at radius 2 is 2.06 bits per heavy atom. The lowest BCUT2D eigenvalue weighted by molar-refractivity contribution is -0.479. The molecule has 1 atom stereocenters. The SMILES string of the molecule is COc1ccc([C@H](C[N+](=O)[O-])SC(C)=O)cc1. The first kappa shape index (κ1) is 13.5. The maximum absolute atomic E-state index is 11.0. The summed E-state index contributed by atoms with van der Waals surface area (Å²) in [5, 5.41) is 9.96. The molecule has 0 N–H and O–H groups in total. The summed E-state index contributed by atoms with van der Waals surface area (Å²) in [7, 11) is 1.55. The number of hydrogen-bond acceptors (Lipinski definition) is 5. The van der Waals surface area contributed by atoms with Crippen molar-refractivity contribution in [2.24, 2.45) is 0 Å². The number of benzene rings is 1. The van der Waals surface area contributed by atoms with Crippen molar-refractivity contribution in [1.82, 2.24) is 0 Å². The molecular weight excluding hydrogens is 242 g/mol. The van der Waals surface area contributed by atoms with Gasteiger partial charge >= 0.3 is 0 Å². The summed E-state index contributed by atoms with van der Waals surface area (Å²) in [6, 6.07) is 6.93. The van der Waals surface area contributed by atoms with Gasteiger partial charge in [0.05, 0.1) is 7.11 Å². The predicted molar refractivity (Wildman–Crippen MR) is 65.9 cm³/mol. The molecule has 0 amide bonds. The van der Waals surface area contributed by atoms with Crippen LogP contribution in [0.5, 0.6) is 5.75 Å². The first-order valence-electron chi connectivity index (χ1n) is 4.96. The molecule has 0 aromatic heterocycles. The molecular formula is C11H13NO4S. The summed E-state index contributed by atoms with van der Waals surface area (Å²) in [4.78, 5) is 21.2. The first-order chi connectivity index (χ1) is 8.02. The number of thioether (sulfide) groups is 1. The van der Waals surface area contributed by atoms with Gasteiger partial charge in [-0.3, -0.25) is 14.9 Å². The van der Waals surface area contributed by atoms with Gasteiger partial charge in [-0.1, -0.05) is 23.9 Å². The molecule has 0 fully saturated rings. The monoisotopic (exact) mass is 255 g/mol. The van der Waals surface area contributed by atoms with Crippen molar-refractivity contribution in [3.05, 3.63) is 39.9 Å². The van der Waals surface area contributed by atoms with Gasteiger partial charge in [0.25, 0.3) is 0 Å². The molecule has 0 saturated carbocycles. The van der Waals surface area contributed by atoms with E-state index in [1.165, 1.54) is 6.92 Å². The minimum absolute atomic E-state index is 0.132. The van der Waals surface area contributed by atoms with Gasteiger partial charge in [-0.2, -0.15) is 0 Å². The molecule has 0 spiro atoms.